The average Bonchev–Trinajstić information content (AvgIpc) is 3.26. The van der Waals surface area contributed by atoms with Gasteiger partial charge < -0.3 is 9.64 Å². The Hall–Kier alpha value is -1.98. The van der Waals surface area contributed by atoms with E-state index in [1.54, 1.807) is 25.4 Å². The van der Waals surface area contributed by atoms with Crippen molar-refractivity contribution >= 4 is 34.7 Å². The van der Waals surface area contributed by atoms with Gasteiger partial charge in [0.25, 0.3) is 0 Å². The first-order valence-electron chi connectivity index (χ1n) is 8.11. The quantitative estimate of drug-likeness (QED) is 0.882. The lowest BCUT2D eigenvalue weighted by molar-refractivity contribution is -0.127. The van der Waals surface area contributed by atoms with Gasteiger partial charge in [-0.15, -0.1) is 0 Å². The highest BCUT2D eigenvalue weighted by Crippen LogP contribution is 2.45. The summed E-state index contributed by atoms with van der Waals surface area (Å²) in [5, 5.41) is 7.93. The van der Waals surface area contributed by atoms with Crippen molar-refractivity contribution in [3.8, 4) is 5.75 Å². The van der Waals surface area contributed by atoms with Gasteiger partial charge in [-0.2, -0.15) is 5.10 Å². The summed E-state index contributed by atoms with van der Waals surface area (Å²) in [4.78, 5) is 14.5. The zero-order valence-corrected chi connectivity index (χ0v) is 15.1. The molecule has 0 bridgehead atoms. The average molecular weight is 378 g/mol. The number of fused-ring (bicyclic) bond motifs is 1. The molecule has 0 spiro atoms. The number of hydrogen-bond donors (Lipinski definition) is 1. The lowest BCUT2D eigenvalue weighted by Crippen LogP contribution is -2.37. The van der Waals surface area contributed by atoms with Crippen molar-refractivity contribution in [2.75, 3.05) is 13.7 Å². The fourth-order valence-corrected chi connectivity index (χ4v) is 4.34. The van der Waals surface area contributed by atoms with E-state index in [4.69, 9.17) is 27.9 Å². The van der Waals surface area contributed by atoms with E-state index in [-0.39, 0.29) is 17.9 Å². The maximum Gasteiger partial charge on any atom is 0.247 e. The highest BCUT2D eigenvalue weighted by atomic mass is 35.5. The molecule has 3 heterocycles. The van der Waals surface area contributed by atoms with E-state index >= 15 is 0 Å². The molecule has 0 radical (unpaired) electrons. The van der Waals surface area contributed by atoms with Crippen LogP contribution in [0.2, 0.25) is 10.0 Å². The first-order chi connectivity index (χ1) is 12.1. The number of hydrogen-bond acceptors (Lipinski definition) is 3. The molecule has 130 valence electrons. The summed E-state index contributed by atoms with van der Waals surface area (Å²) in [5.41, 5.74) is 2.78. The van der Waals surface area contributed by atoms with Crippen LogP contribution < -0.4 is 4.74 Å². The lowest BCUT2D eigenvalue weighted by atomic mass is 9.92. The van der Waals surface area contributed by atoms with Crippen LogP contribution in [0.1, 0.15) is 30.0 Å². The molecule has 1 aromatic carbocycles. The lowest BCUT2D eigenvalue weighted by Gasteiger charge is -2.28. The maximum absolute atomic E-state index is 12.6. The summed E-state index contributed by atoms with van der Waals surface area (Å²) in [6.45, 7) is 0.618. The van der Waals surface area contributed by atoms with Crippen molar-refractivity contribution < 1.29 is 9.53 Å². The fraction of sp³-hybridized carbons (Fsp3) is 0.333. The van der Waals surface area contributed by atoms with Gasteiger partial charge in [0.1, 0.15) is 5.75 Å². The molecule has 2 atom stereocenters. The van der Waals surface area contributed by atoms with Crippen molar-refractivity contribution in [1.29, 1.82) is 0 Å². The SMILES string of the molecule is COc1ccc(Cl)c(Cl)c1[C@H]1C[C@H]2CC(c3ccn[nH]3)=CC(=O)N2C1. The maximum atomic E-state index is 12.6. The van der Waals surface area contributed by atoms with Crippen molar-refractivity contribution in [2.24, 2.45) is 0 Å². The monoisotopic (exact) mass is 377 g/mol. The van der Waals surface area contributed by atoms with E-state index in [0.29, 0.717) is 22.3 Å². The molecule has 0 aliphatic carbocycles. The minimum absolute atomic E-state index is 0.0282. The Balaban J connectivity index is 1.63. The first kappa shape index (κ1) is 16.5. The number of amides is 1. The van der Waals surface area contributed by atoms with Gasteiger partial charge >= 0.3 is 0 Å². The number of carbonyl (C=O) groups is 1. The molecule has 7 heteroatoms. The topological polar surface area (TPSA) is 58.2 Å². The highest BCUT2D eigenvalue weighted by Gasteiger charge is 2.40. The van der Waals surface area contributed by atoms with Crippen molar-refractivity contribution in [1.82, 2.24) is 15.1 Å². The van der Waals surface area contributed by atoms with E-state index in [0.717, 1.165) is 29.7 Å². The molecular weight excluding hydrogens is 361 g/mol. The molecular formula is C18H17Cl2N3O2. The number of nitrogens with zero attached hydrogens (tertiary/aromatic N) is 2. The third kappa shape index (κ3) is 2.81. The number of nitrogens with one attached hydrogen (secondary N) is 1. The normalized spacial score (nSPS) is 22.8. The number of halogens is 2. The molecule has 2 aromatic rings. The van der Waals surface area contributed by atoms with E-state index in [9.17, 15) is 4.79 Å². The Morgan fingerprint density at radius 2 is 2.16 bits per heavy atom. The van der Waals surface area contributed by atoms with Crippen LogP contribution >= 0.6 is 23.2 Å². The van der Waals surface area contributed by atoms with Crippen LogP contribution in [0.5, 0.6) is 5.75 Å². The van der Waals surface area contributed by atoms with Gasteiger partial charge in [-0.05, 0) is 36.6 Å². The number of rotatable bonds is 3. The van der Waals surface area contributed by atoms with Crippen LogP contribution in [0, 0.1) is 0 Å². The number of benzene rings is 1. The minimum atomic E-state index is 0.0282. The van der Waals surface area contributed by atoms with E-state index in [1.165, 1.54) is 0 Å². The molecule has 0 unspecified atom stereocenters. The van der Waals surface area contributed by atoms with E-state index in [2.05, 4.69) is 10.2 Å². The third-order valence-electron chi connectivity index (χ3n) is 5.02. The second kappa shape index (κ2) is 6.39. The van der Waals surface area contributed by atoms with Gasteiger partial charge in [0.15, 0.2) is 0 Å². The van der Waals surface area contributed by atoms with E-state index in [1.807, 2.05) is 17.0 Å². The number of methoxy groups -OCH3 is 1. The van der Waals surface area contributed by atoms with Crippen molar-refractivity contribution in [2.45, 2.75) is 24.8 Å². The van der Waals surface area contributed by atoms with Crippen LogP contribution in [-0.2, 0) is 4.79 Å². The summed E-state index contributed by atoms with van der Waals surface area (Å²) in [5.74, 6) is 0.846. The number of aromatic amines is 1. The fourth-order valence-electron chi connectivity index (χ4n) is 3.86. The molecule has 4 rings (SSSR count). The Bertz CT molecular complexity index is 848. The largest absolute Gasteiger partial charge is 0.496 e. The summed E-state index contributed by atoms with van der Waals surface area (Å²) < 4.78 is 5.48. The zero-order chi connectivity index (χ0) is 17.6. The number of aromatic nitrogens is 2. The van der Waals surface area contributed by atoms with Gasteiger partial charge in [-0.3, -0.25) is 9.89 Å². The molecule has 1 aromatic heterocycles. The third-order valence-corrected chi connectivity index (χ3v) is 5.84. The minimum Gasteiger partial charge on any atom is -0.496 e. The van der Waals surface area contributed by atoms with Gasteiger partial charge in [0.05, 0.1) is 22.8 Å². The van der Waals surface area contributed by atoms with Crippen LogP contribution in [0.15, 0.2) is 30.5 Å². The predicted molar refractivity (Wildman–Crippen MR) is 97.1 cm³/mol. The molecule has 0 saturated carbocycles. The zero-order valence-electron chi connectivity index (χ0n) is 13.6. The molecule has 2 aliphatic heterocycles. The van der Waals surface area contributed by atoms with Crippen molar-refractivity contribution in [3.63, 3.8) is 0 Å². The first-order valence-corrected chi connectivity index (χ1v) is 8.87. The van der Waals surface area contributed by atoms with Crippen LogP contribution in [0.3, 0.4) is 0 Å². The Labute approximate surface area is 155 Å². The molecule has 1 fully saturated rings. The van der Waals surface area contributed by atoms with Gasteiger partial charge in [-0.1, -0.05) is 23.2 Å². The Morgan fingerprint density at radius 1 is 1.32 bits per heavy atom. The Kier molecular flexibility index (Phi) is 4.21. The van der Waals surface area contributed by atoms with Gasteiger partial charge in [-0.25, -0.2) is 0 Å². The number of ether oxygens (including phenoxy) is 1. The van der Waals surface area contributed by atoms with Crippen LogP contribution in [-0.4, -0.2) is 40.7 Å². The summed E-state index contributed by atoms with van der Waals surface area (Å²) in [7, 11) is 1.62. The van der Waals surface area contributed by atoms with Crippen LogP contribution in [0.4, 0.5) is 0 Å². The molecule has 5 nitrogen and oxygen atoms in total. The van der Waals surface area contributed by atoms with Gasteiger partial charge in [0.2, 0.25) is 5.91 Å². The molecule has 1 amide bonds. The second-order valence-corrected chi connectivity index (χ2v) is 7.18. The summed E-state index contributed by atoms with van der Waals surface area (Å²) >= 11 is 12.7. The predicted octanol–water partition coefficient (Wildman–Crippen LogP) is 3.90. The van der Waals surface area contributed by atoms with Gasteiger partial charge in [0, 0.05) is 36.3 Å². The van der Waals surface area contributed by atoms with Crippen LogP contribution in [0.25, 0.3) is 5.57 Å². The molecule has 1 saturated heterocycles. The van der Waals surface area contributed by atoms with E-state index < -0.39 is 0 Å². The molecule has 1 N–H and O–H groups in total. The molecule has 25 heavy (non-hydrogen) atoms. The standard InChI is InChI=1S/C18H17Cl2N3O2/c1-25-15-3-2-13(19)18(20)17(15)11-7-12-6-10(14-4-5-21-22-14)8-16(24)23(12)9-11/h2-5,8,11-12H,6-7,9H2,1H3,(H,21,22)/t11-,12+/m0/s1. The Morgan fingerprint density at radius 3 is 2.88 bits per heavy atom. The number of carbonyl (C=O) groups excluding carboxylic acids is 1. The highest BCUT2D eigenvalue weighted by molar-refractivity contribution is 6.42. The second-order valence-electron chi connectivity index (χ2n) is 6.40. The van der Waals surface area contributed by atoms with Crippen molar-refractivity contribution in [3.05, 3.63) is 51.8 Å². The molecule has 2 aliphatic rings. The summed E-state index contributed by atoms with van der Waals surface area (Å²) in [6.07, 6.45) is 5.02. The summed E-state index contributed by atoms with van der Waals surface area (Å²) in [6, 6.07) is 5.59. The number of H-pyrrole nitrogens is 1. The smallest absolute Gasteiger partial charge is 0.247 e.